The minimum Gasteiger partial charge on any atom is -0.426 e. The number of ether oxygens (including phenoxy) is 2. The number of esters is 2. The molecule has 0 aromatic heterocycles. The van der Waals surface area contributed by atoms with E-state index in [9.17, 15) is 9.59 Å². The molecule has 4 heteroatoms. The highest BCUT2D eigenvalue weighted by Gasteiger charge is 2.11. The van der Waals surface area contributed by atoms with Crippen molar-refractivity contribution in [3.63, 3.8) is 0 Å². The van der Waals surface area contributed by atoms with Crippen LogP contribution in [-0.2, 0) is 9.59 Å². The normalized spacial score (nSPS) is 10.9. The van der Waals surface area contributed by atoms with Gasteiger partial charge < -0.3 is 9.47 Å². The molecule has 0 saturated heterocycles. The molecule has 0 aliphatic rings. The summed E-state index contributed by atoms with van der Waals surface area (Å²) in [5.74, 6) is 0.133. The summed E-state index contributed by atoms with van der Waals surface area (Å²) in [6.07, 6.45) is 0. The van der Waals surface area contributed by atoms with E-state index in [0.29, 0.717) is 17.1 Å². The van der Waals surface area contributed by atoms with Gasteiger partial charge in [0.25, 0.3) is 0 Å². The Morgan fingerprint density at radius 2 is 1.35 bits per heavy atom. The predicted molar refractivity (Wildman–Crippen MR) is 102 cm³/mol. The van der Waals surface area contributed by atoms with Crippen molar-refractivity contribution in [2.75, 3.05) is 0 Å². The SMILES string of the molecule is C=C(C)C(=O)Oc1ccc2c(ccc3cc(OC(=O)C(C)C)ccc32)c1. The zero-order chi connectivity index (χ0) is 18.8. The predicted octanol–water partition coefficient (Wildman–Crippen LogP) is 5.04. The fraction of sp³-hybridized carbons (Fsp3) is 0.182. The van der Waals surface area contributed by atoms with Crippen LogP contribution in [-0.4, -0.2) is 11.9 Å². The first-order valence-corrected chi connectivity index (χ1v) is 8.41. The van der Waals surface area contributed by atoms with Gasteiger partial charge in [0.1, 0.15) is 11.5 Å². The Labute approximate surface area is 152 Å². The summed E-state index contributed by atoms with van der Waals surface area (Å²) >= 11 is 0. The minimum absolute atomic E-state index is 0.178. The van der Waals surface area contributed by atoms with Crippen molar-refractivity contribution in [1.82, 2.24) is 0 Å². The molecule has 0 aliphatic heterocycles. The molecule has 132 valence electrons. The van der Waals surface area contributed by atoms with Gasteiger partial charge in [0, 0.05) is 5.57 Å². The second-order valence-electron chi connectivity index (χ2n) is 6.58. The van der Waals surface area contributed by atoms with Crippen LogP contribution in [0.3, 0.4) is 0 Å². The molecule has 0 amide bonds. The second-order valence-corrected chi connectivity index (χ2v) is 6.58. The highest BCUT2D eigenvalue weighted by atomic mass is 16.5. The molecule has 0 fully saturated rings. The Morgan fingerprint density at radius 1 is 0.846 bits per heavy atom. The standard InChI is InChI=1S/C22H20O4/c1-13(2)21(23)25-17-7-9-19-15(11-17)5-6-16-12-18(8-10-20(16)19)26-22(24)14(3)4/h5-12,14H,1H2,2-4H3. The van der Waals surface area contributed by atoms with E-state index in [4.69, 9.17) is 9.47 Å². The maximum absolute atomic E-state index is 11.8. The Hall–Kier alpha value is -3.14. The van der Waals surface area contributed by atoms with Crippen LogP contribution in [0.2, 0.25) is 0 Å². The van der Waals surface area contributed by atoms with Crippen molar-refractivity contribution >= 4 is 33.5 Å². The van der Waals surface area contributed by atoms with Gasteiger partial charge >= 0.3 is 11.9 Å². The number of hydrogen-bond acceptors (Lipinski definition) is 4. The average molecular weight is 348 g/mol. The molecule has 0 saturated carbocycles. The molecule has 0 bridgehead atoms. The molecule has 3 aromatic carbocycles. The number of hydrogen-bond donors (Lipinski definition) is 0. The van der Waals surface area contributed by atoms with Crippen LogP contribution in [0.5, 0.6) is 11.5 Å². The van der Waals surface area contributed by atoms with E-state index in [0.717, 1.165) is 21.5 Å². The van der Waals surface area contributed by atoms with Gasteiger partial charge in [-0.15, -0.1) is 0 Å². The first-order chi connectivity index (χ1) is 12.3. The first-order valence-electron chi connectivity index (χ1n) is 8.41. The van der Waals surface area contributed by atoms with Crippen LogP contribution < -0.4 is 9.47 Å². The van der Waals surface area contributed by atoms with E-state index in [-0.39, 0.29) is 11.9 Å². The second kappa shape index (κ2) is 7.00. The number of fused-ring (bicyclic) bond motifs is 3. The van der Waals surface area contributed by atoms with Crippen molar-refractivity contribution in [2.24, 2.45) is 5.92 Å². The molecule has 26 heavy (non-hydrogen) atoms. The van der Waals surface area contributed by atoms with Crippen LogP contribution in [0.4, 0.5) is 0 Å². The third-order valence-corrected chi connectivity index (χ3v) is 4.03. The summed E-state index contributed by atoms with van der Waals surface area (Å²) in [6.45, 7) is 8.80. The number of benzene rings is 3. The van der Waals surface area contributed by atoms with Gasteiger partial charge in [-0.1, -0.05) is 44.7 Å². The first kappa shape index (κ1) is 17.7. The summed E-state index contributed by atoms with van der Waals surface area (Å²) in [5, 5.41) is 3.98. The highest BCUT2D eigenvalue weighted by Crippen LogP contribution is 2.31. The monoisotopic (exact) mass is 348 g/mol. The molecule has 0 heterocycles. The van der Waals surface area contributed by atoms with Crippen molar-refractivity contribution in [3.8, 4) is 11.5 Å². The van der Waals surface area contributed by atoms with Gasteiger partial charge in [0.05, 0.1) is 5.92 Å². The van der Waals surface area contributed by atoms with E-state index in [1.165, 1.54) is 0 Å². The van der Waals surface area contributed by atoms with Gasteiger partial charge in [0.15, 0.2) is 0 Å². The third kappa shape index (κ3) is 3.59. The Morgan fingerprint density at radius 3 is 1.81 bits per heavy atom. The summed E-state index contributed by atoms with van der Waals surface area (Å²) in [7, 11) is 0. The molecule has 3 rings (SSSR count). The highest BCUT2D eigenvalue weighted by molar-refractivity contribution is 6.08. The lowest BCUT2D eigenvalue weighted by atomic mass is 10.0. The molecule has 0 aliphatic carbocycles. The maximum Gasteiger partial charge on any atom is 0.338 e. The fourth-order valence-corrected chi connectivity index (χ4v) is 2.58. The lowest BCUT2D eigenvalue weighted by Crippen LogP contribution is -2.14. The Bertz CT molecular complexity index is 1030. The number of rotatable bonds is 4. The van der Waals surface area contributed by atoms with Crippen LogP contribution >= 0.6 is 0 Å². The largest absolute Gasteiger partial charge is 0.426 e. The molecule has 0 spiro atoms. The fourth-order valence-electron chi connectivity index (χ4n) is 2.58. The van der Waals surface area contributed by atoms with Crippen LogP contribution in [0.1, 0.15) is 20.8 Å². The topological polar surface area (TPSA) is 52.6 Å². The quantitative estimate of drug-likeness (QED) is 0.287. The maximum atomic E-state index is 11.8. The zero-order valence-electron chi connectivity index (χ0n) is 15.0. The van der Waals surface area contributed by atoms with Crippen molar-refractivity contribution in [3.05, 3.63) is 60.7 Å². The van der Waals surface area contributed by atoms with Crippen LogP contribution in [0.15, 0.2) is 60.7 Å². The summed E-state index contributed by atoms with van der Waals surface area (Å²) in [4.78, 5) is 23.4. The molecular formula is C22H20O4. The summed E-state index contributed by atoms with van der Waals surface area (Å²) < 4.78 is 10.7. The summed E-state index contributed by atoms with van der Waals surface area (Å²) in [6, 6.07) is 15.0. The van der Waals surface area contributed by atoms with Gasteiger partial charge in [0.2, 0.25) is 0 Å². The third-order valence-electron chi connectivity index (χ3n) is 4.03. The minimum atomic E-state index is -0.443. The smallest absolute Gasteiger partial charge is 0.338 e. The lowest BCUT2D eigenvalue weighted by Gasteiger charge is -2.10. The van der Waals surface area contributed by atoms with Crippen molar-refractivity contribution < 1.29 is 19.1 Å². The van der Waals surface area contributed by atoms with E-state index in [1.807, 2.05) is 36.4 Å². The molecule has 3 aromatic rings. The Kier molecular flexibility index (Phi) is 4.76. The van der Waals surface area contributed by atoms with Crippen LogP contribution in [0, 0.1) is 5.92 Å². The van der Waals surface area contributed by atoms with Crippen molar-refractivity contribution in [1.29, 1.82) is 0 Å². The molecule has 4 nitrogen and oxygen atoms in total. The lowest BCUT2D eigenvalue weighted by molar-refractivity contribution is -0.137. The zero-order valence-corrected chi connectivity index (χ0v) is 15.0. The molecule has 0 N–H and O–H groups in total. The van der Waals surface area contributed by atoms with Gasteiger partial charge in [-0.3, -0.25) is 4.79 Å². The molecule has 0 unspecified atom stereocenters. The number of carbonyl (C=O) groups excluding carboxylic acids is 2. The molecule has 0 atom stereocenters. The van der Waals surface area contributed by atoms with Crippen molar-refractivity contribution in [2.45, 2.75) is 20.8 Å². The van der Waals surface area contributed by atoms with Crippen LogP contribution in [0.25, 0.3) is 21.5 Å². The molecular weight excluding hydrogens is 328 g/mol. The van der Waals surface area contributed by atoms with Gasteiger partial charge in [-0.05, 0) is 52.7 Å². The van der Waals surface area contributed by atoms with E-state index < -0.39 is 5.97 Å². The van der Waals surface area contributed by atoms with Gasteiger partial charge in [-0.25, -0.2) is 4.79 Å². The van der Waals surface area contributed by atoms with E-state index in [2.05, 4.69) is 6.58 Å². The molecule has 0 radical (unpaired) electrons. The Balaban J connectivity index is 1.97. The van der Waals surface area contributed by atoms with Gasteiger partial charge in [-0.2, -0.15) is 0 Å². The average Bonchev–Trinajstić information content (AvgIpc) is 2.61. The number of carbonyl (C=O) groups is 2. The van der Waals surface area contributed by atoms with E-state index in [1.54, 1.807) is 32.9 Å². The summed E-state index contributed by atoms with van der Waals surface area (Å²) in [5.41, 5.74) is 0.354. The van der Waals surface area contributed by atoms with E-state index >= 15 is 0 Å².